The van der Waals surface area contributed by atoms with Crippen molar-refractivity contribution in [3.63, 3.8) is 0 Å². The Kier molecular flexibility index (Phi) is 6.28. The number of pyridine rings is 1. The zero-order valence-electron chi connectivity index (χ0n) is 16.0. The highest BCUT2D eigenvalue weighted by atomic mass is 32.2. The number of hydrogen-bond acceptors (Lipinski definition) is 6. The van der Waals surface area contributed by atoms with Gasteiger partial charge in [0.2, 0.25) is 0 Å². The van der Waals surface area contributed by atoms with Crippen LogP contribution in [-0.2, 0) is 17.8 Å². The number of benzene rings is 1. The molecule has 2 aromatic heterocycles. The second kappa shape index (κ2) is 8.87. The summed E-state index contributed by atoms with van der Waals surface area (Å²) in [6.07, 6.45) is 1.46. The summed E-state index contributed by atoms with van der Waals surface area (Å²) < 4.78 is 1.84. The largest absolute Gasteiger partial charge is 0.481 e. The molecule has 2 heterocycles. The van der Waals surface area contributed by atoms with E-state index in [2.05, 4.69) is 9.97 Å². The van der Waals surface area contributed by atoms with Gasteiger partial charge in [0.05, 0.1) is 22.9 Å². The Morgan fingerprint density at radius 1 is 1.28 bits per heavy atom. The minimum Gasteiger partial charge on any atom is -0.481 e. The van der Waals surface area contributed by atoms with Gasteiger partial charge >= 0.3 is 5.97 Å². The molecule has 0 amide bonds. The Morgan fingerprint density at radius 3 is 2.69 bits per heavy atom. The second-order valence-electron chi connectivity index (χ2n) is 6.71. The fraction of sp³-hybridized carbons (Fsp3) is 0.250. The van der Waals surface area contributed by atoms with Gasteiger partial charge in [-0.3, -0.25) is 19.9 Å². The summed E-state index contributed by atoms with van der Waals surface area (Å²) in [4.78, 5) is 31.7. The SMILES string of the molecule is CC(C)c1nc(CC(=O)O)n(Cc2ccccn2)c1Sc1cccc([N+](=O)[O-])c1. The van der Waals surface area contributed by atoms with Gasteiger partial charge in [-0.2, -0.15) is 0 Å². The van der Waals surface area contributed by atoms with Crippen molar-refractivity contribution in [2.24, 2.45) is 0 Å². The van der Waals surface area contributed by atoms with Crippen LogP contribution in [0.4, 0.5) is 5.69 Å². The lowest BCUT2D eigenvalue weighted by atomic mass is 10.1. The predicted octanol–water partition coefficient (Wildman–Crippen LogP) is 4.14. The van der Waals surface area contributed by atoms with Crippen molar-refractivity contribution < 1.29 is 14.8 Å². The molecule has 0 aliphatic heterocycles. The molecule has 0 bridgehead atoms. The molecular weight excluding hydrogens is 392 g/mol. The molecule has 0 aliphatic rings. The first kappa shape index (κ1) is 20.5. The molecular formula is C20H20N4O4S. The summed E-state index contributed by atoms with van der Waals surface area (Å²) in [5, 5.41) is 21.2. The Morgan fingerprint density at radius 2 is 2.07 bits per heavy atom. The molecule has 1 N–H and O–H groups in total. The molecule has 29 heavy (non-hydrogen) atoms. The van der Waals surface area contributed by atoms with Gasteiger partial charge in [-0.15, -0.1) is 0 Å². The van der Waals surface area contributed by atoms with Crippen molar-refractivity contribution in [2.75, 3.05) is 0 Å². The number of aromatic nitrogens is 3. The topological polar surface area (TPSA) is 111 Å². The Bertz CT molecular complexity index is 1030. The predicted molar refractivity (Wildman–Crippen MR) is 108 cm³/mol. The summed E-state index contributed by atoms with van der Waals surface area (Å²) >= 11 is 1.34. The number of nitro benzene ring substituents is 1. The zero-order valence-corrected chi connectivity index (χ0v) is 16.8. The highest BCUT2D eigenvalue weighted by Crippen LogP contribution is 2.36. The molecule has 0 aliphatic carbocycles. The van der Waals surface area contributed by atoms with Crippen molar-refractivity contribution in [3.8, 4) is 0 Å². The lowest BCUT2D eigenvalue weighted by Gasteiger charge is -2.12. The minimum atomic E-state index is -0.973. The molecule has 0 unspecified atom stereocenters. The maximum Gasteiger partial charge on any atom is 0.311 e. The quantitative estimate of drug-likeness (QED) is 0.437. The molecule has 3 aromatic rings. The van der Waals surface area contributed by atoms with Gasteiger partial charge < -0.3 is 9.67 Å². The maximum absolute atomic E-state index is 11.4. The number of carboxylic acid groups (broad SMARTS) is 1. The number of carboxylic acids is 1. The van der Waals surface area contributed by atoms with Crippen LogP contribution >= 0.6 is 11.8 Å². The molecule has 0 saturated carbocycles. The number of carbonyl (C=O) groups is 1. The van der Waals surface area contributed by atoms with Crippen molar-refractivity contribution >= 4 is 23.4 Å². The monoisotopic (exact) mass is 412 g/mol. The number of hydrogen-bond donors (Lipinski definition) is 1. The van der Waals surface area contributed by atoms with Crippen molar-refractivity contribution in [3.05, 3.63) is 76.0 Å². The van der Waals surface area contributed by atoms with E-state index < -0.39 is 10.9 Å². The Balaban J connectivity index is 2.09. The summed E-state index contributed by atoms with van der Waals surface area (Å²) in [5.41, 5.74) is 1.53. The molecule has 0 spiro atoms. The van der Waals surface area contributed by atoms with Crippen LogP contribution in [0.2, 0.25) is 0 Å². The lowest BCUT2D eigenvalue weighted by Crippen LogP contribution is -2.11. The number of non-ortho nitro benzene ring substituents is 1. The van der Waals surface area contributed by atoms with Crippen molar-refractivity contribution in [1.82, 2.24) is 14.5 Å². The van der Waals surface area contributed by atoms with Crippen LogP contribution in [0.25, 0.3) is 0 Å². The average Bonchev–Trinajstić information content (AvgIpc) is 2.99. The second-order valence-corrected chi connectivity index (χ2v) is 7.77. The fourth-order valence-electron chi connectivity index (χ4n) is 2.85. The molecule has 0 radical (unpaired) electrons. The number of rotatable bonds is 8. The standard InChI is InChI=1S/C20H20N4O4S/c1-13(2)19-20(29-16-8-5-7-15(10-16)24(27)28)23(17(22-19)11-18(25)26)12-14-6-3-4-9-21-14/h3-10,13H,11-12H2,1-2H3,(H,25,26). The first-order chi connectivity index (χ1) is 13.8. The lowest BCUT2D eigenvalue weighted by molar-refractivity contribution is -0.385. The third kappa shape index (κ3) is 5.00. The van der Waals surface area contributed by atoms with Crippen LogP contribution in [0.3, 0.4) is 0 Å². The van der Waals surface area contributed by atoms with E-state index >= 15 is 0 Å². The van der Waals surface area contributed by atoms with Crippen molar-refractivity contribution in [1.29, 1.82) is 0 Å². The first-order valence-corrected chi connectivity index (χ1v) is 9.80. The molecule has 0 saturated heterocycles. The summed E-state index contributed by atoms with van der Waals surface area (Å²) in [6, 6.07) is 11.9. The van der Waals surface area contributed by atoms with E-state index in [0.29, 0.717) is 17.3 Å². The molecule has 3 rings (SSSR count). The van der Waals surface area contributed by atoms with E-state index in [1.54, 1.807) is 18.3 Å². The van der Waals surface area contributed by atoms with Crippen LogP contribution in [0, 0.1) is 10.1 Å². The molecule has 0 fully saturated rings. The third-order valence-corrected chi connectivity index (χ3v) is 5.28. The summed E-state index contributed by atoms with van der Waals surface area (Å²) in [5.74, 6) is -0.493. The summed E-state index contributed by atoms with van der Waals surface area (Å²) in [7, 11) is 0. The van der Waals surface area contributed by atoms with Crippen LogP contribution in [0.1, 0.15) is 37.0 Å². The van der Waals surface area contributed by atoms with E-state index in [1.807, 2.05) is 36.6 Å². The van der Waals surface area contributed by atoms with Gasteiger partial charge in [0.15, 0.2) is 0 Å². The average molecular weight is 412 g/mol. The minimum absolute atomic E-state index is 0.00245. The highest BCUT2D eigenvalue weighted by Gasteiger charge is 2.23. The molecule has 1 aromatic carbocycles. The molecule has 0 atom stereocenters. The number of imidazole rings is 1. The van der Waals surface area contributed by atoms with Crippen LogP contribution in [0.5, 0.6) is 0 Å². The van der Waals surface area contributed by atoms with Gasteiger partial charge in [0.25, 0.3) is 5.69 Å². The van der Waals surface area contributed by atoms with Crippen LogP contribution in [-0.4, -0.2) is 30.5 Å². The molecule has 9 heteroatoms. The number of aliphatic carboxylic acids is 1. The number of nitro groups is 1. The number of nitrogens with zero attached hydrogens (tertiary/aromatic N) is 4. The van der Waals surface area contributed by atoms with Crippen LogP contribution in [0.15, 0.2) is 58.6 Å². The van der Waals surface area contributed by atoms with E-state index in [9.17, 15) is 20.0 Å². The van der Waals surface area contributed by atoms with E-state index in [1.165, 1.54) is 23.9 Å². The zero-order chi connectivity index (χ0) is 21.0. The van der Waals surface area contributed by atoms with E-state index in [4.69, 9.17) is 0 Å². The van der Waals surface area contributed by atoms with Gasteiger partial charge in [-0.05, 0) is 24.1 Å². The smallest absolute Gasteiger partial charge is 0.311 e. The van der Waals surface area contributed by atoms with Gasteiger partial charge in [0.1, 0.15) is 17.3 Å². The first-order valence-electron chi connectivity index (χ1n) is 8.98. The van der Waals surface area contributed by atoms with E-state index in [-0.39, 0.29) is 18.0 Å². The normalized spacial score (nSPS) is 11.0. The van der Waals surface area contributed by atoms with Gasteiger partial charge in [0, 0.05) is 23.2 Å². The highest BCUT2D eigenvalue weighted by molar-refractivity contribution is 7.99. The van der Waals surface area contributed by atoms with Gasteiger partial charge in [-0.1, -0.05) is 37.7 Å². The fourth-order valence-corrected chi connectivity index (χ4v) is 4.06. The molecule has 150 valence electrons. The van der Waals surface area contributed by atoms with Crippen molar-refractivity contribution in [2.45, 2.75) is 42.7 Å². The van der Waals surface area contributed by atoms with Crippen LogP contribution < -0.4 is 0 Å². The Labute approximate surface area is 171 Å². The van der Waals surface area contributed by atoms with Gasteiger partial charge in [-0.25, -0.2) is 4.98 Å². The van der Waals surface area contributed by atoms with E-state index in [0.717, 1.165) is 16.4 Å². The molecule has 8 nitrogen and oxygen atoms in total. The summed E-state index contributed by atoms with van der Waals surface area (Å²) in [6.45, 7) is 4.32. The Hall–Kier alpha value is -3.20. The maximum atomic E-state index is 11.4. The third-order valence-electron chi connectivity index (χ3n) is 4.17.